The number of halogens is 2. The summed E-state index contributed by atoms with van der Waals surface area (Å²) in [7, 11) is 4.83. The van der Waals surface area contributed by atoms with Gasteiger partial charge in [-0.15, -0.1) is 0 Å². The maximum atomic E-state index is 7.72. The van der Waals surface area contributed by atoms with Crippen molar-refractivity contribution in [1.82, 2.24) is 0 Å². The molecule has 0 amide bonds. The van der Waals surface area contributed by atoms with Crippen molar-refractivity contribution >= 4 is 20.1 Å². The SMILES string of the molecule is [Cl][Hg].[Na+].[O-]Cl. The predicted octanol–water partition coefficient (Wildman–Crippen LogP) is -2.81. The molecule has 23 valence electrons. The number of hydrogen-bond acceptors (Lipinski definition) is 1. The van der Waals surface area contributed by atoms with Crippen molar-refractivity contribution in [2.24, 2.45) is 0 Å². The van der Waals surface area contributed by atoms with Crippen molar-refractivity contribution in [3.05, 3.63) is 0 Å². The summed E-state index contributed by atoms with van der Waals surface area (Å²) in [4.78, 5) is 0. The maximum absolute atomic E-state index is 7.72. The predicted molar refractivity (Wildman–Crippen MR) is 11.7 cm³/mol. The third-order valence-corrected chi connectivity index (χ3v) is 0. The van der Waals surface area contributed by atoms with Crippen LogP contribution in [-0.4, -0.2) is 0 Å². The van der Waals surface area contributed by atoms with Crippen molar-refractivity contribution in [2.45, 2.75) is 0 Å². The van der Waals surface area contributed by atoms with Gasteiger partial charge in [0.05, 0.1) is 0 Å². The number of rotatable bonds is 0. The number of hydrogen-bond donors (Lipinski definition) is 0. The first kappa shape index (κ1) is 15.6. The molecule has 0 rings (SSSR count). The molecule has 0 aromatic heterocycles. The first-order chi connectivity index (χ1) is 2.00. The van der Waals surface area contributed by atoms with Gasteiger partial charge in [-0.1, -0.05) is 0 Å². The largest absolute Gasteiger partial charge is 1.00 e. The molecule has 0 saturated carbocycles. The van der Waals surface area contributed by atoms with Crippen molar-refractivity contribution in [1.29, 1.82) is 0 Å². The van der Waals surface area contributed by atoms with E-state index >= 15 is 0 Å². The summed E-state index contributed by atoms with van der Waals surface area (Å²) in [6.07, 6.45) is 0. The molecule has 5 heteroatoms. The molecular weight excluding hydrogens is 310 g/mol. The molecule has 1 nitrogen and oxygen atoms in total. The second-order valence-electron chi connectivity index (χ2n) is 0. The van der Waals surface area contributed by atoms with E-state index in [0.717, 1.165) is 0 Å². The smallest absolute Gasteiger partial charge is 0.769 e. The molecule has 0 spiro atoms. The summed E-state index contributed by atoms with van der Waals surface area (Å²) in [5.41, 5.74) is 0. The molecule has 0 fully saturated rings. The molecule has 0 bridgehead atoms. The van der Waals surface area contributed by atoms with Gasteiger partial charge in [0.15, 0.2) is 0 Å². The Hall–Kier alpha value is 2.48. The fraction of sp³-hybridized carbons (Fsp3) is 0. The van der Waals surface area contributed by atoms with Crippen LogP contribution in [0, 0.1) is 0 Å². The van der Waals surface area contributed by atoms with E-state index in [0.29, 0.717) is 24.9 Å². The standard InChI is InChI=1S/ClO.ClH.Hg.Na/c1-2;;;/h;1H;;/q-1;;2*+1/p-1. The second-order valence-corrected chi connectivity index (χ2v) is 0. The van der Waals surface area contributed by atoms with Crippen LogP contribution in [0.25, 0.3) is 0 Å². The van der Waals surface area contributed by atoms with Crippen molar-refractivity contribution < 1.29 is 59.1 Å². The van der Waals surface area contributed by atoms with Gasteiger partial charge in [0.25, 0.3) is 0 Å². The van der Waals surface area contributed by atoms with E-state index in [4.69, 9.17) is 12.9 Å². The van der Waals surface area contributed by atoms with Gasteiger partial charge in [-0.25, -0.2) is 11.9 Å². The van der Waals surface area contributed by atoms with E-state index in [9.17, 15) is 0 Å². The molecule has 0 aliphatic heterocycles. The van der Waals surface area contributed by atoms with Gasteiger partial charge in [-0.3, -0.25) is 0 Å². The Bertz CT molecular complexity index is 9.61. The average Bonchev–Trinajstić information content (AvgIpc) is 1.50. The van der Waals surface area contributed by atoms with E-state index in [1.165, 1.54) is 0 Å². The summed E-state index contributed by atoms with van der Waals surface area (Å²) < 4.78 is 7.72. The van der Waals surface area contributed by atoms with Crippen LogP contribution in [0.2, 0.25) is 0 Å². The average molecular weight is 310 g/mol. The molecule has 0 unspecified atom stereocenters. The zero-order chi connectivity index (χ0) is 4.00. The van der Waals surface area contributed by atoms with E-state index in [-0.39, 0.29) is 29.6 Å². The monoisotopic (exact) mass is 311 g/mol. The summed E-state index contributed by atoms with van der Waals surface area (Å²) in [6, 6.07) is 0. The van der Waals surface area contributed by atoms with Gasteiger partial charge in [-0.05, 0) is 0 Å². The third kappa shape index (κ3) is 21.2. The van der Waals surface area contributed by atoms with Crippen LogP contribution in [0.4, 0.5) is 0 Å². The summed E-state index contributed by atoms with van der Waals surface area (Å²) >= 11 is 3.89. The Morgan fingerprint density at radius 2 is 1.20 bits per heavy atom. The van der Waals surface area contributed by atoms with Crippen LogP contribution in [0.15, 0.2) is 0 Å². The van der Waals surface area contributed by atoms with E-state index < -0.39 is 0 Å². The molecule has 5 heavy (non-hydrogen) atoms. The Kier molecular flexibility index (Phi) is 99.2. The van der Waals surface area contributed by atoms with Gasteiger partial charge in [0.1, 0.15) is 0 Å². The second kappa shape index (κ2) is 31.7. The van der Waals surface area contributed by atoms with Crippen molar-refractivity contribution in [3.8, 4) is 0 Å². The zero-order valence-electron chi connectivity index (χ0n) is 2.87. The normalized spacial score (nSPS) is 2.60. The summed E-state index contributed by atoms with van der Waals surface area (Å²) in [5.74, 6) is 0. The topological polar surface area (TPSA) is 23.1 Å². The summed E-state index contributed by atoms with van der Waals surface area (Å²) in [6.45, 7) is 0. The van der Waals surface area contributed by atoms with Crippen LogP contribution < -0.4 is 34.2 Å². The summed E-state index contributed by atoms with van der Waals surface area (Å²) in [5, 5.41) is 0. The molecule has 0 aromatic carbocycles. The van der Waals surface area contributed by atoms with Gasteiger partial charge in [-0.2, -0.15) is 0 Å². The Balaban J connectivity index is -0.0000000133. The fourth-order valence-corrected chi connectivity index (χ4v) is 0. The molecule has 0 atom stereocenters. The third-order valence-electron chi connectivity index (χ3n) is 0. The molecule has 0 aliphatic rings. The van der Waals surface area contributed by atoms with Crippen molar-refractivity contribution in [2.75, 3.05) is 0 Å². The molecule has 0 N–H and O–H groups in total. The van der Waals surface area contributed by atoms with Gasteiger partial charge < -0.3 is 4.66 Å². The molecule has 0 heterocycles. The molecule has 0 radical (unpaired) electrons. The Morgan fingerprint density at radius 3 is 1.20 bits per heavy atom. The molecule has 0 aliphatic carbocycles. The zero-order valence-corrected chi connectivity index (χ0v) is 11.9. The van der Waals surface area contributed by atoms with E-state index in [1.54, 1.807) is 0 Å². The van der Waals surface area contributed by atoms with Crippen LogP contribution in [0.5, 0.6) is 0 Å². The van der Waals surface area contributed by atoms with E-state index in [1.807, 2.05) is 0 Å². The molecule has 0 saturated heterocycles. The minimum Gasteiger partial charge on any atom is -0.769 e. The quantitative estimate of drug-likeness (QED) is 0.443. The van der Waals surface area contributed by atoms with Gasteiger partial charge in [0.2, 0.25) is 0 Å². The van der Waals surface area contributed by atoms with Crippen LogP contribution in [0.1, 0.15) is 0 Å². The van der Waals surface area contributed by atoms with Crippen molar-refractivity contribution in [3.63, 3.8) is 0 Å². The Labute approximate surface area is 77.9 Å². The van der Waals surface area contributed by atoms with Crippen LogP contribution in [0.3, 0.4) is 0 Å². The molecular formula is Cl2HgNaO. The van der Waals surface area contributed by atoms with Gasteiger partial charge >= 0.3 is 62.7 Å². The minimum absolute atomic E-state index is 0. The maximum Gasteiger partial charge on any atom is 1.00 e. The van der Waals surface area contributed by atoms with Gasteiger partial charge in [0, 0.05) is 0 Å². The first-order valence-corrected chi connectivity index (χ1v) is 7.50. The van der Waals surface area contributed by atoms with Crippen LogP contribution >= 0.6 is 20.1 Å². The first-order valence-electron chi connectivity index (χ1n) is 0.422. The fourth-order valence-electron chi connectivity index (χ4n) is 0. The minimum atomic E-state index is 0. The van der Waals surface area contributed by atoms with Crippen LogP contribution in [-0.2, 0) is 24.9 Å². The van der Waals surface area contributed by atoms with E-state index in [2.05, 4.69) is 11.9 Å². The Morgan fingerprint density at radius 1 is 1.20 bits per heavy atom. The molecule has 0 aromatic rings.